The molecule has 0 radical (unpaired) electrons. The van der Waals surface area contributed by atoms with Gasteiger partial charge in [-0.1, -0.05) is 55.1 Å². The van der Waals surface area contributed by atoms with Gasteiger partial charge in [-0.15, -0.1) is 0 Å². The molecule has 1 N–H and O–H groups in total. The highest BCUT2D eigenvalue weighted by Gasteiger charge is 2.34. The minimum Gasteiger partial charge on any atom is -0.493 e. The van der Waals surface area contributed by atoms with Gasteiger partial charge in [0.2, 0.25) is 5.95 Å². The predicted molar refractivity (Wildman–Crippen MR) is 118 cm³/mol. The number of nitrogens with one attached hydrogen (secondary N) is 1. The summed E-state index contributed by atoms with van der Waals surface area (Å²) >= 11 is 0. The lowest BCUT2D eigenvalue weighted by atomic mass is 9.96. The Morgan fingerprint density at radius 2 is 1.97 bits per heavy atom. The maximum Gasteiger partial charge on any atom is 0.338 e. The van der Waals surface area contributed by atoms with Crippen LogP contribution in [-0.2, 0) is 16.0 Å². The van der Waals surface area contributed by atoms with Crippen molar-refractivity contribution in [3.8, 4) is 5.75 Å². The molecule has 2 heterocycles. The van der Waals surface area contributed by atoms with E-state index in [1.165, 1.54) is 11.9 Å². The number of nitrogens with zero attached hydrogens (tertiary/aromatic N) is 3. The van der Waals surface area contributed by atoms with E-state index in [9.17, 15) is 4.79 Å². The van der Waals surface area contributed by atoms with Crippen molar-refractivity contribution in [1.82, 2.24) is 14.8 Å². The number of fused-ring (bicyclic) bond motifs is 1. The second-order valence-electron chi connectivity index (χ2n) is 7.13. The highest BCUT2D eigenvalue weighted by molar-refractivity contribution is 5.92. The maximum absolute atomic E-state index is 12.8. The van der Waals surface area contributed by atoms with Crippen LogP contribution in [0.5, 0.6) is 5.75 Å². The lowest BCUT2D eigenvalue weighted by Gasteiger charge is -2.28. The standard InChI is InChI=1S/C24H24N4O3/c1-3-14-31-23(29)21-17(2)27-24-25-16-26-28(24)22(21)19-9-11-20(12-10-19)30-15-13-18-7-5-4-6-8-18/h3-12,16,22H,1,13-15H2,2H3,(H,25,26,27). The van der Waals surface area contributed by atoms with Crippen molar-refractivity contribution >= 4 is 11.9 Å². The van der Waals surface area contributed by atoms with Gasteiger partial charge in [0, 0.05) is 12.1 Å². The molecule has 0 saturated heterocycles. The minimum absolute atomic E-state index is 0.140. The topological polar surface area (TPSA) is 78.3 Å². The van der Waals surface area contributed by atoms with Gasteiger partial charge in [0.05, 0.1) is 12.2 Å². The van der Waals surface area contributed by atoms with Gasteiger partial charge in [-0.3, -0.25) is 0 Å². The van der Waals surface area contributed by atoms with E-state index < -0.39 is 12.0 Å². The van der Waals surface area contributed by atoms with Gasteiger partial charge < -0.3 is 14.8 Å². The van der Waals surface area contributed by atoms with E-state index in [0.29, 0.717) is 23.8 Å². The smallest absolute Gasteiger partial charge is 0.338 e. The van der Waals surface area contributed by atoms with E-state index in [2.05, 4.69) is 34.1 Å². The summed E-state index contributed by atoms with van der Waals surface area (Å²) in [6.07, 6.45) is 3.84. The molecule has 1 aliphatic rings. The van der Waals surface area contributed by atoms with Gasteiger partial charge in [-0.05, 0) is 30.2 Å². The summed E-state index contributed by atoms with van der Waals surface area (Å²) in [6.45, 7) is 6.16. The van der Waals surface area contributed by atoms with Crippen LogP contribution >= 0.6 is 0 Å². The van der Waals surface area contributed by atoms with Crippen LogP contribution in [-0.4, -0.2) is 33.9 Å². The van der Waals surface area contributed by atoms with E-state index in [0.717, 1.165) is 17.7 Å². The van der Waals surface area contributed by atoms with Crippen LogP contribution < -0.4 is 10.1 Å². The maximum atomic E-state index is 12.8. The number of allylic oxidation sites excluding steroid dienone is 1. The average molecular weight is 416 g/mol. The molecule has 0 saturated carbocycles. The molecule has 7 nitrogen and oxygen atoms in total. The summed E-state index contributed by atoms with van der Waals surface area (Å²) in [7, 11) is 0. The third kappa shape index (κ3) is 4.50. The number of anilines is 1. The first-order chi connectivity index (χ1) is 15.2. The van der Waals surface area contributed by atoms with Crippen LogP contribution in [0.25, 0.3) is 0 Å². The Labute approximate surface area is 181 Å². The summed E-state index contributed by atoms with van der Waals surface area (Å²) < 4.78 is 12.9. The van der Waals surface area contributed by atoms with Crippen molar-refractivity contribution in [2.24, 2.45) is 0 Å². The first kappa shape index (κ1) is 20.4. The number of benzene rings is 2. The van der Waals surface area contributed by atoms with Gasteiger partial charge in [0.1, 0.15) is 24.7 Å². The van der Waals surface area contributed by atoms with Crippen LogP contribution in [0, 0.1) is 0 Å². The molecule has 158 valence electrons. The molecule has 2 aromatic carbocycles. The zero-order valence-corrected chi connectivity index (χ0v) is 17.3. The summed E-state index contributed by atoms with van der Waals surface area (Å²) in [5.41, 5.74) is 3.28. The summed E-state index contributed by atoms with van der Waals surface area (Å²) in [5, 5.41) is 7.44. The fourth-order valence-electron chi connectivity index (χ4n) is 3.55. The molecule has 1 unspecified atom stereocenters. The first-order valence-corrected chi connectivity index (χ1v) is 10.1. The Kier molecular flexibility index (Phi) is 6.12. The zero-order valence-electron chi connectivity index (χ0n) is 17.3. The molecule has 0 amide bonds. The molecule has 4 rings (SSSR count). The molecule has 1 atom stereocenters. The number of hydrogen-bond acceptors (Lipinski definition) is 6. The Morgan fingerprint density at radius 3 is 2.71 bits per heavy atom. The van der Waals surface area contributed by atoms with Crippen molar-refractivity contribution in [2.45, 2.75) is 19.4 Å². The molecule has 0 aliphatic carbocycles. The van der Waals surface area contributed by atoms with Gasteiger partial charge >= 0.3 is 5.97 Å². The van der Waals surface area contributed by atoms with Crippen LogP contribution in [0.1, 0.15) is 24.1 Å². The van der Waals surface area contributed by atoms with Crippen molar-refractivity contribution in [2.75, 3.05) is 18.5 Å². The molecule has 31 heavy (non-hydrogen) atoms. The molecule has 7 heteroatoms. The third-order valence-electron chi connectivity index (χ3n) is 5.04. The van der Waals surface area contributed by atoms with Crippen molar-refractivity contribution < 1.29 is 14.3 Å². The minimum atomic E-state index is -0.450. The Hall–Kier alpha value is -3.87. The van der Waals surface area contributed by atoms with Crippen LogP contribution in [0.15, 0.2) is 84.8 Å². The fraction of sp³-hybridized carbons (Fsp3) is 0.208. The third-order valence-corrected chi connectivity index (χ3v) is 5.04. The number of hydrogen-bond donors (Lipinski definition) is 1. The van der Waals surface area contributed by atoms with Crippen molar-refractivity contribution in [1.29, 1.82) is 0 Å². The highest BCUT2D eigenvalue weighted by atomic mass is 16.5. The highest BCUT2D eigenvalue weighted by Crippen LogP contribution is 2.35. The summed E-state index contributed by atoms with van der Waals surface area (Å²) in [6, 6.07) is 17.4. The Bertz CT molecular complexity index is 1090. The largest absolute Gasteiger partial charge is 0.493 e. The predicted octanol–water partition coefficient (Wildman–Crippen LogP) is 3.92. The number of ether oxygens (including phenoxy) is 2. The molecule has 0 bridgehead atoms. The van der Waals surface area contributed by atoms with E-state index in [4.69, 9.17) is 9.47 Å². The van der Waals surface area contributed by atoms with E-state index in [1.807, 2.05) is 49.4 Å². The number of carbonyl (C=O) groups excluding carboxylic acids is 1. The van der Waals surface area contributed by atoms with Crippen LogP contribution in [0.3, 0.4) is 0 Å². The molecule has 1 aliphatic heterocycles. The SMILES string of the molecule is C=CCOC(=O)C1=C(C)Nc2ncnn2C1c1ccc(OCCc2ccccc2)cc1. The van der Waals surface area contributed by atoms with Gasteiger partial charge in [0.15, 0.2) is 0 Å². The lowest BCUT2D eigenvalue weighted by molar-refractivity contribution is -0.138. The van der Waals surface area contributed by atoms with Gasteiger partial charge in [-0.2, -0.15) is 10.1 Å². The molecule has 0 spiro atoms. The molecule has 3 aromatic rings. The van der Waals surface area contributed by atoms with Crippen LogP contribution in [0.4, 0.5) is 5.95 Å². The summed E-state index contributed by atoms with van der Waals surface area (Å²) in [4.78, 5) is 17.0. The second-order valence-corrected chi connectivity index (χ2v) is 7.13. The molecular formula is C24H24N4O3. The fourth-order valence-corrected chi connectivity index (χ4v) is 3.55. The molecule has 0 fully saturated rings. The molecular weight excluding hydrogens is 392 g/mol. The normalized spacial score (nSPS) is 15.1. The van der Waals surface area contributed by atoms with E-state index >= 15 is 0 Å². The van der Waals surface area contributed by atoms with Crippen LogP contribution in [0.2, 0.25) is 0 Å². The monoisotopic (exact) mass is 416 g/mol. The Morgan fingerprint density at radius 1 is 1.19 bits per heavy atom. The lowest BCUT2D eigenvalue weighted by Crippen LogP contribution is -2.29. The quantitative estimate of drug-likeness (QED) is 0.443. The first-order valence-electron chi connectivity index (χ1n) is 10.1. The summed E-state index contributed by atoms with van der Waals surface area (Å²) in [5.74, 6) is 0.925. The average Bonchev–Trinajstić information content (AvgIpc) is 3.26. The van der Waals surface area contributed by atoms with Gasteiger partial charge in [-0.25, -0.2) is 9.48 Å². The van der Waals surface area contributed by atoms with E-state index in [1.54, 1.807) is 10.8 Å². The Balaban J connectivity index is 1.53. The number of esters is 1. The number of carbonyl (C=O) groups is 1. The molecule has 1 aromatic heterocycles. The zero-order chi connectivity index (χ0) is 21.6. The van der Waals surface area contributed by atoms with Crippen molar-refractivity contribution in [3.05, 3.63) is 96.0 Å². The number of aromatic nitrogens is 3. The van der Waals surface area contributed by atoms with Crippen molar-refractivity contribution in [3.63, 3.8) is 0 Å². The second kappa shape index (κ2) is 9.30. The van der Waals surface area contributed by atoms with E-state index in [-0.39, 0.29) is 6.61 Å². The number of rotatable bonds is 8. The van der Waals surface area contributed by atoms with Gasteiger partial charge in [0.25, 0.3) is 0 Å².